The van der Waals surface area contributed by atoms with E-state index in [0.29, 0.717) is 0 Å². The first-order chi connectivity index (χ1) is 10.2. The molecule has 1 heterocycles. The van der Waals surface area contributed by atoms with Crippen LogP contribution in [0.3, 0.4) is 0 Å². The van der Waals surface area contributed by atoms with Gasteiger partial charge in [-0.25, -0.2) is 4.39 Å². The van der Waals surface area contributed by atoms with E-state index in [-0.39, 0.29) is 18.3 Å². The Hall–Kier alpha value is -1.72. The molecule has 0 saturated heterocycles. The summed E-state index contributed by atoms with van der Waals surface area (Å²) in [6.07, 6.45) is 0. The molecule has 0 saturated carbocycles. The van der Waals surface area contributed by atoms with Gasteiger partial charge in [-0.2, -0.15) is 0 Å². The third kappa shape index (κ3) is 3.54. The van der Waals surface area contributed by atoms with Crippen molar-refractivity contribution in [1.29, 1.82) is 0 Å². The molecule has 0 aliphatic rings. The lowest BCUT2D eigenvalue weighted by Crippen LogP contribution is -2.45. The first kappa shape index (κ1) is 16.6. The predicted octanol–water partition coefficient (Wildman–Crippen LogP) is 3.19. The number of carbonyl (C=O) groups is 1. The lowest BCUT2D eigenvalue weighted by Gasteiger charge is -2.28. The van der Waals surface area contributed by atoms with Crippen molar-refractivity contribution in [1.82, 2.24) is 5.32 Å². The van der Waals surface area contributed by atoms with Crippen molar-refractivity contribution in [2.75, 3.05) is 6.54 Å². The van der Waals surface area contributed by atoms with Crippen molar-refractivity contribution in [3.05, 3.63) is 58.0 Å². The van der Waals surface area contributed by atoms with Gasteiger partial charge in [0.15, 0.2) is 0 Å². The molecule has 0 radical (unpaired) electrons. The van der Waals surface area contributed by atoms with Crippen molar-refractivity contribution in [2.24, 2.45) is 0 Å². The summed E-state index contributed by atoms with van der Waals surface area (Å²) in [7, 11) is 0. The Bertz CT molecular complexity index is 633. The van der Waals surface area contributed by atoms with E-state index in [1.807, 2.05) is 17.5 Å². The molecule has 1 amide bonds. The fourth-order valence-electron chi connectivity index (χ4n) is 2.14. The minimum Gasteiger partial charge on any atom is -0.383 e. The molecule has 5 heteroatoms. The van der Waals surface area contributed by atoms with Crippen LogP contribution in [0.2, 0.25) is 0 Å². The monoisotopic (exact) mass is 321 g/mol. The second kappa shape index (κ2) is 6.18. The molecule has 0 aliphatic heterocycles. The zero-order chi connectivity index (χ0) is 16.4. The van der Waals surface area contributed by atoms with Crippen molar-refractivity contribution in [3.63, 3.8) is 0 Å². The molecule has 1 atom stereocenters. The Kier molecular flexibility index (Phi) is 4.68. The normalized spacial score (nSPS) is 14.4. The van der Waals surface area contributed by atoms with Crippen LogP contribution in [0.15, 0.2) is 41.8 Å². The number of benzene rings is 1. The Morgan fingerprint density at radius 2 is 1.86 bits per heavy atom. The molecule has 22 heavy (non-hydrogen) atoms. The van der Waals surface area contributed by atoms with Gasteiger partial charge in [-0.1, -0.05) is 18.2 Å². The van der Waals surface area contributed by atoms with Crippen molar-refractivity contribution >= 4 is 17.2 Å². The molecule has 118 valence electrons. The SMILES string of the molecule is CC(O)(CNC(=O)C(C)(C)c1ccc(F)cc1)c1cccs1. The largest absolute Gasteiger partial charge is 0.383 e. The summed E-state index contributed by atoms with van der Waals surface area (Å²) in [5.41, 5.74) is -1.19. The number of aliphatic hydroxyl groups is 1. The van der Waals surface area contributed by atoms with E-state index in [9.17, 15) is 14.3 Å². The fraction of sp³-hybridized carbons (Fsp3) is 0.353. The Labute approximate surface area is 133 Å². The van der Waals surface area contributed by atoms with E-state index < -0.39 is 11.0 Å². The van der Waals surface area contributed by atoms with Crippen LogP contribution < -0.4 is 5.32 Å². The first-order valence-corrected chi connectivity index (χ1v) is 7.92. The van der Waals surface area contributed by atoms with Gasteiger partial charge < -0.3 is 10.4 Å². The number of nitrogens with one attached hydrogen (secondary N) is 1. The summed E-state index contributed by atoms with van der Waals surface area (Å²) < 4.78 is 13.0. The maximum atomic E-state index is 13.0. The van der Waals surface area contributed by atoms with E-state index in [1.54, 1.807) is 32.9 Å². The molecule has 0 aliphatic carbocycles. The topological polar surface area (TPSA) is 49.3 Å². The molecular weight excluding hydrogens is 301 g/mol. The molecule has 1 unspecified atom stereocenters. The quantitative estimate of drug-likeness (QED) is 0.888. The Balaban J connectivity index is 2.06. The molecule has 0 fully saturated rings. The van der Waals surface area contributed by atoms with E-state index in [2.05, 4.69) is 5.32 Å². The van der Waals surface area contributed by atoms with Crippen molar-refractivity contribution < 1.29 is 14.3 Å². The van der Waals surface area contributed by atoms with Crippen LogP contribution in [0, 0.1) is 5.82 Å². The molecule has 3 nitrogen and oxygen atoms in total. The van der Waals surface area contributed by atoms with Gasteiger partial charge >= 0.3 is 0 Å². The Morgan fingerprint density at radius 1 is 1.23 bits per heavy atom. The molecule has 2 N–H and O–H groups in total. The van der Waals surface area contributed by atoms with Gasteiger partial charge in [-0.3, -0.25) is 4.79 Å². The highest BCUT2D eigenvalue weighted by atomic mass is 32.1. The van der Waals surface area contributed by atoms with Gasteiger partial charge in [0.25, 0.3) is 0 Å². The van der Waals surface area contributed by atoms with Crippen LogP contribution in [-0.2, 0) is 15.8 Å². The van der Waals surface area contributed by atoms with Crippen LogP contribution in [0.4, 0.5) is 4.39 Å². The number of hydrogen-bond donors (Lipinski definition) is 2. The third-order valence-electron chi connectivity index (χ3n) is 3.78. The number of hydrogen-bond acceptors (Lipinski definition) is 3. The highest BCUT2D eigenvalue weighted by molar-refractivity contribution is 7.10. The molecular formula is C17H20FNO2S. The number of rotatable bonds is 5. The zero-order valence-electron chi connectivity index (χ0n) is 12.9. The van der Waals surface area contributed by atoms with Crippen LogP contribution in [0.1, 0.15) is 31.2 Å². The average Bonchev–Trinajstić information content (AvgIpc) is 3.00. The third-order valence-corrected chi connectivity index (χ3v) is 4.90. The smallest absolute Gasteiger partial charge is 0.230 e. The van der Waals surface area contributed by atoms with E-state index >= 15 is 0 Å². The van der Waals surface area contributed by atoms with E-state index in [1.165, 1.54) is 23.5 Å². The molecule has 1 aromatic carbocycles. The van der Waals surface area contributed by atoms with Gasteiger partial charge in [0, 0.05) is 4.88 Å². The highest BCUT2D eigenvalue weighted by Crippen LogP contribution is 2.26. The maximum absolute atomic E-state index is 13.0. The van der Waals surface area contributed by atoms with E-state index in [4.69, 9.17) is 0 Å². The maximum Gasteiger partial charge on any atom is 0.230 e. The number of halogens is 1. The van der Waals surface area contributed by atoms with Gasteiger partial charge in [-0.15, -0.1) is 11.3 Å². The number of thiophene rings is 1. The van der Waals surface area contributed by atoms with Gasteiger partial charge in [0.2, 0.25) is 5.91 Å². The van der Waals surface area contributed by atoms with Crippen LogP contribution in [0.25, 0.3) is 0 Å². The van der Waals surface area contributed by atoms with Crippen molar-refractivity contribution in [3.8, 4) is 0 Å². The highest BCUT2D eigenvalue weighted by Gasteiger charge is 2.32. The second-order valence-corrected chi connectivity index (χ2v) is 7.01. The number of carbonyl (C=O) groups excluding carboxylic acids is 1. The summed E-state index contributed by atoms with van der Waals surface area (Å²) in [6, 6.07) is 9.58. The summed E-state index contributed by atoms with van der Waals surface area (Å²) >= 11 is 1.44. The van der Waals surface area contributed by atoms with E-state index in [0.717, 1.165) is 10.4 Å². The average molecular weight is 321 g/mol. The molecule has 2 aromatic rings. The summed E-state index contributed by atoms with van der Waals surface area (Å²) in [6.45, 7) is 5.34. The Morgan fingerprint density at radius 3 is 2.41 bits per heavy atom. The second-order valence-electron chi connectivity index (χ2n) is 6.07. The number of amides is 1. The lowest BCUT2D eigenvalue weighted by atomic mass is 9.83. The minimum absolute atomic E-state index is 0.122. The standard InChI is InChI=1S/C17H20FNO2S/c1-16(2,12-6-8-13(18)9-7-12)15(20)19-11-17(3,21)14-5-4-10-22-14/h4-10,21H,11H2,1-3H3,(H,19,20). The van der Waals surface area contributed by atoms with Crippen LogP contribution in [-0.4, -0.2) is 17.6 Å². The predicted molar refractivity (Wildman–Crippen MR) is 86.3 cm³/mol. The van der Waals surface area contributed by atoms with Gasteiger partial charge in [0.05, 0.1) is 12.0 Å². The van der Waals surface area contributed by atoms with Crippen molar-refractivity contribution in [2.45, 2.75) is 31.8 Å². The zero-order valence-corrected chi connectivity index (χ0v) is 13.7. The lowest BCUT2D eigenvalue weighted by molar-refractivity contribution is -0.126. The fourth-order valence-corrected chi connectivity index (χ4v) is 2.93. The van der Waals surface area contributed by atoms with Crippen LogP contribution in [0.5, 0.6) is 0 Å². The summed E-state index contributed by atoms with van der Waals surface area (Å²) in [5, 5.41) is 15.1. The van der Waals surface area contributed by atoms with Gasteiger partial charge in [-0.05, 0) is 49.9 Å². The van der Waals surface area contributed by atoms with Gasteiger partial charge in [0.1, 0.15) is 11.4 Å². The summed E-state index contributed by atoms with van der Waals surface area (Å²) in [4.78, 5) is 13.3. The molecule has 2 rings (SSSR count). The van der Waals surface area contributed by atoms with Crippen LogP contribution >= 0.6 is 11.3 Å². The molecule has 1 aromatic heterocycles. The summed E-state index contributed by atoms with van der Waals surface area (Å²) in [5.74, 6) is -0.545. The first-order valence-electron chi connectivity index (χ1n) is 7.04. The molecule has 0 bridgehead atoms. The molecule has 0 spiro atoms. The minimum atomic E-state index is -1.11.